The highest BCUT2D eigenvalue weighted by atomic mass is 79.9. The van der Waals surface area contributed by atoms with E-state index in [1.165, 1.54) is 12.1 Å². The van der Waals surface area contributed by atoms with Crippen molar-refractivity contribution in [3.8, 4) is 6.07 Å². The molecule has 1 aromatic rings. The summed E-state index contributed by atoms with van der Waals surface area (Å²) in [4.78, 5) is 2.42. The van der Waals surface area contributed by atoms with Gasteiger partial charge >= 0.3 is 0 Å². The van der Waals surface area contributed by atoms with Crippen LogP contribution in [0.2, 0.25) is 0 Å². The lowest BCUT2D eigenvalue weighted by Crippen LogP contribution is -2.25. The number of nitriles is 1. The fourth-order valence-corrected chi connectivity index (χ4v) is 2.95. The molecule has 1 fully saturated rings. The predicted molar refractivity (Wildman–Crippen MR) is 78.6 cm³/mol. The molecule has 3 heteroatoms. The second-order valence-corrected chi connectivity index (χ2v) is 6.93. The van der Waals surface area contributed by atoms with Crippen LogP contribution in [0.5, 0.6) is 0 Å². The van der Waals surface area contributed by atoms with Crippen molar-refractivity contribution in [2.75, 3.05) is 18.0 Å². The van der Waals surface area contributed by atoms with Gasteiger partial charge in [-0.15, -0.1) is 0 Å². The number of halogens is 1. The molecular weight excluding hydrogens is 288 g/mol. The number of benzene rings is 1. The highest BCUT2D eigenvalue weighted by Gasteiger charge is 2.31. The van der Waals surface area contributed by atoms with Gasteiger partial charge in [0.15, 0.2) is 0 Å². The summed E-state index contributed by atoms with van der Waals surface area (Å²) in [6.45, 7) is 9.17. The van der Waals surface area contributed by atoms with Gasteiger partial charge in [-0.25, -0.2) is 0 Å². The van der Waals surface area contributed by atoms with Gasteiger partial charge in [-0.3, -0.25) is 0 Å². The smallest absolute Gasteiger partial charge is 0.100 e. The fourth-order valence-electron chi connectivity index (χ4n) is 2.49. The van der Waals surface area contributed by atoms with Gasteiger partial charge in [0.1, 0.15) is 6.07 Å². The maximum atomic E-state index is 8.93. The van der Waals surface area contributed by atoms with Crippen LogP contribution < -0.4 is 4.90 Å². The number of anilines is 1. The zero-order valence-electron chi connectivity index (χ0n) is 11.2. The van der Waals surface area contributed by atoms with Crippen molar-refractivity contribution in [1.82, 2.24) is 0 Å². The zero-order chi connectivity index (χ0) is 13.3. The van der Waals surface area contributed by atoms with E-state index in [0.29, 0.717) is 11.0 Å². The normalized spacial score (nSPS) is 19.9. The lowest BCUT2D eigenvalue weighted by molar-refractivity contribution is 0.263. The summed E-state index contributed by atoms with van der Waals surface area (Å²) in [6.07, 6.45) is 1.25. The standard InChI is InChI=1S/C15H19BrN2/c1-15(2,3)12-6-7-18(10-12)13-5-4-11(9-17)14(16)8-13/h4-5,8,12H,6-7,10H2,1-3H3. The molecule has 0 bridgehead atoms. The highest BCUT2D eigenvalue weighted by Crippen LogP contribution is 2.36. The first-order chi connectivity index (χ1) is 8.41. The summed E-state index contributed by atoms with van der Waals surface area (Å²) in [7, 11) is 0. The van der Waals surface area contributed by atoms with Gasteiger partial charge in [-0.1, -0.05) is 20.8 Å². The Morgan fingerprint density at radius 2 is 2.11 bits per heavy atom. The monoisotopic (exact) mass is 306 g/mol. The van der Waals surface area contributed by atoms with Gasteiger partial charge in [0.25, 0.3) is 0 Å². The summed E-state index contributed by atoms with van der Waals surface area (Å²) in [5.41, 5.74) is 2.29. The van der Waals surface area contributed by atoms with Gasteiger partial charge in [0.05, 0.1) is 5.56 Å². The SMILES string of the molecule is CC(C)(C)C1CCN(c2ccc(C#N)c(Br)c2)C1. The maximum absolute atomic E-state index is 8.93. The van der Waals surface area contributed by atoms with E-state index in [9.17, 15) is 0 Å². The summed E-state index contributed by atoms with van der Waals surface area (Å²) >= 11 is 3.46. The molecule has 96 valence electrons. The third kappa shape index (κ3) is 2.70. The highest BCUT2D eigenvalue weighted by molar-refractivity contribution is 9.10. The van der Waals surface area contributed by atoms with Crippen molar-refractivity contribution >= 4 is 21.6 Å². The minimum Gasteiger partial charge on any atom is -0.371 e. The van der Waals surface area contributed by atoms with E-state index >= 15 is 0 Å². The van der Waals surface area contributed by atoms with Gasteiger partial charge < -0.3 is 4.90 Å². The summed E-state index contributed by atoms with van der Waals surface area (Å²) in [5.74, 6) is 0.743. The van der Waals surface area contributed by atoms with E-state index in [-0.39, 0.29) is 0 Å². The molecule has 1 aromatic carbocycles. The molecule has 2 rings (SSSR count). The molecule has 0 spiro atoms. The van der Waals surface area contributed by atoms with Crippen LogP contribution in [-0.4, -0.2) is 13.1 Å². The third-order valence-corrected chi connectivity index (χ3v) is 4.51. The Hall–Kier alpha value is -1.01. The topological polar surface area (TPSA) is 27.0 Å². The molecule has 0 amide bonds. The van der Waals surface area contributed by atoms with E-state index < -0.39 is 0 Å². The van der Waals surface area contributed by atoms with Crippen LogP contribution >= 0.6 is 15.9 Å². The lowest BCUT2D eigenvalue weighted by atomic mass is 9.80. The van der Waals surface area contributed by atoms with E-state index in [4.69, 9.17) is 5.26 Å². The van der Waals surface area contributed by atoms with Crippen LogP contribution in [0.15, 0.2) is 22.7 Å². The van der Waals surface area contributed by atoms with E-state index in [1.807, 2.05) is 12.1 Å². The second-order valence-electron chi connectivity index (χ2n) is 6.07. The fraction of sp³-hybridized carbons (Fsp3) is 0.533. The van der Waals surface area contributed by atoms with Crippen molar-refractivity contribution in [3.63, 3.8) is 0 Å². The Morgan fingerprint density at radius 1 is 1.39 bits per heavy atom. The molecule has 1 aliphatic rings. The Balaban J connectivity index is 2.15. The Labute approximate surface area is 118 Å². The molecule has 0 aromatic heterocycles. The van der Waals surface area contributed by atoms with Crippen molar-refractivity contribution < 1.29 is 0 Å². The molecule has 1 aliphatic heterocycles. The van der Waals surface area contributed by atoms with Gasteiger partial charge in [0, 0.05) is 23.2 Å². The Kier molecular flexibility index (Phi) is 3.68. The number of nitrogens with zero attached hydrogens (tertiary/aromatic N) is 2. The van der Waals surface area contributed by atoms with E-state index in [0.717, 1.165) is 23.5 Å². The zero-order valence-corrected chi connectivity index (χ0v) is 12.8. The van der Waals surface area contributed by atoms with Gasteiger partial charge in [-0.2, -0.15) is 5.26 Å². The van der Waals surface area contributed by atoms with Crippen molar-refractivity contribution in [2.45, 2.75) is 27.2 Å². The summed E-state index contributed by atoms with van der Waals surface area (Å²) < 4.78 is 0.890. The second kappa shape index (κ2) is 4.93. The van der Waals surface area contributed by atoms with Crippen LogP contribution in [0.25, 0.3) is 0 Å². The van der Waals surface area contributed by atoms with E-state index in [1.54, 1.807) is 0 Å². The largest absolute Gasteiger partial charge is 0.371 e. The number of hydrogen-bond donors (Lipinski definition) is 0. The molecule has 2 nitrogen and oxygen atoms in total. The average molecular weight is 307 g/mol. The Morgan fingerprint density at radius 3 is 2.61 bits per heavy atom. The first-order valence-electron chi connectivity index (χ1n) is 6.36. The average Bonchev–Trinajstić information content (AvgIpc) is 2.77. The quantitative estimate of drug-likeness (QED) is 0.778. The molecule has 0 aliphatic carbocycles. The van der Waals surface area contributed by atoms with Crippen LogP contribution in [-0.2, 0) is 0 Å². The van der Waals surface area contributed by atoms with E-state index in [2.05, 4.69) is 53.7 Å². The van der Waals surface area contributed by atoms with Crippen LogP contribution in [0.3, 0.4) is 0 Å². The number of rotatable bonds is 1. The molecule has 1 atom stereocenters. The first-order valence-corrected chi connectivity index (χ1v) is 7.15. The molecule has 1 unspecified atom stereocenters. The minimum atomic E-state index is 0.374. The third-order valence-electron chi connectivity index (χ3n) is 3.85. The van der Waals surface area contributed by atoms with Crippen molar-refractivity contribution in [3.05, 3.63) is 28.2 Å². The first kappa shape index (κ1) is 13.4. The molecule has 0 saturated carbocycles. The maximum Gasteiger partial charge on any atom is 0.100 e. The Bertz CT molecular complexity index is 482. The van der Waals surface area contributed by atoms with Gasteiger partial charge in [-0.05, 0) is 51.9 Å². The van der Waals surface area contributed by atoms with Gasteiger partial charge in [0.2, 0.25) is 0 Å². The van der Waals surface area contributed by atoms with Crippen molar-refractivity contribution in [2.24, 2.45) is 11.3 Å². The molecule has 0 N–H and O–H groups in total. The predicted octanol–water partition coefficient (Wildman–Crippen LogP) is 4.19. The molecular formula is C15H19BrN2. The summed E-state index contributed by atoms with van der Waals surface area (Å²) in [5, 5.41) is 8.93. The molecule has 0 radical (unpaired) electrons. The van der Waals surface area contributed by atoms with Crippen LogP contribution in [0.4, 0.5) is 5.69 Å². The van der Waals surface area contributed by atoms with Crippen molar-refractivity contribution in [1.29, 1.82) is 5.26 Å². The van der Waals surface area contributed by atoms with Crippen LogP contribution in [0.1, 0.15) is 32.8 Å². The summed E-state index contributed by atoms with van der Waals surface area (Å²) in [6, 6.07) is 8.18. The molecule has 1 saturated heterocycles. The lowest BCUT2D eigenvalue weighted by Gasteiger charge is -2.27. The van der Waals surface area contributed by atoms with Crippen LogP contribution in [0, 0.1) is 22.7 Å². The minimum absolute atomic E-state index is 0.374. The molecule has 18 heavy (non-hydrogen) atoms. The molecule has 1 heterocycles. The number of hydrogen-bond acceptors (Lipinski definition) is 2.